The molecule has 1 saturated carbocycles. The van der Waals surface area contributed by atoms with Gasteiger partial charge in [-0.25, -0.2) is 0 Å². The van der Waals surface area contributed by atoms with Gasteiger partial charge >= 0.3 is 0 Å². The summed E-state index contributed by atoms with van der Waals surface area (Å²) in [7, 11) is 0. The molecule has 1 aliphatic carbocycles. The first-order chi connectivity index (χ1) is 9.19. The number of benzene rings is 2. The monoisotopic (exact) mass is 252 g/mol. The zero-order valence-corrected chi connectivity index (χ0v) is 10.6. The predicted molar refractivity (Wildman–Crippen MR) is 76.7 cm³/mol. The van der Waals surface area contributed by atoms with Crippen LogP contribution >= 0.6 is 0 Å². The van der Waals surface area contributed by atoms with Gasteiger partial charge in [-0.2, -0.15) is 0 Å². The number of hydrogen-bond acceptors (Lipinski definition) is 2. The van der Waals surface area contributed by atoms with E-state index in [0.717, 1.165) is 29.7 Å². The zero-order valence-electron chi connectivity index (χ0n) is 10.6. The minimum atomic E-state index is -0.649. The number of amides is 1. The van der Waals surface area contributed by atoms with Crippen LogP contribution in [0.3, 0.4) is 0 Å². The number of rotatable bonds is 3. The third-order valence-corrected chi connectivity index (χ3v) is 3.50. The second-order valence-corrected chi connectivity index (χ2v) is 5.02. The van der Waals surface area contributed by atoms with Gasteiger partial charge in [0.15, 0.2) is 0 Å². The molecule has 2 aromatic carbocycles. The summed E-state index contributed by atoms with van der Waals surface area (Å²) in [5, 5.41) is 2.95. The molecule has 0 aliphatic heterocycles. The average Bonchev–Trinajstić information content (AvgIpc) is 3.20. The number of hydrogen-bond donors (Lipinski definition) is 2. The maximum absolute atomic E-state index is 12.0. The van der Waals surface area contributed by atoms with Gasteiger partial charge in [0.25, 0.3) is 0 Å². The van der Waals surface area contributed by atoms with Gasteiger partial charge < -0.3 is 11.1 Å². The van der Waals surface area contributed by atoms with E-state index in [2.05, 4.69) is 5.32 Å². The van der Waals surface area contributed by atoms with Gasteiger partial charge in [0, 0.05) is 11.3 Å². The molecule has 1 fully saturated rings. The lowest BCUT2D eigenvalue weighted by atomic mass is 10.0. The van der Waals surface area contributed by atoms with Crippen molar-refractivity contribution in [1.29, 1.82) is 0 Å². The van der Waals surface area contributed by atoms with Crippen LogP contribution < -0.4 is 11.1 Å². The van der Waals surface area contributed by atoms with E-state index in [1.165, 1.54) is 0 Å². The third kappa shape index (κ3) is 2.37. The van der Waals surface area contributed by atoms with Gasteiger partial charge in [0.2, 0.25) is 5.91 Å². The highest BCUT2D eigenvalue weighted by atomic mass is 16.2. The van der Waals surface area contributed by atoms with E-state index in [9.17, 15) is 4.79 Å². The Bertz CT molecular complexity index is 603. The van der Waals surface area contributed by atoms with Crippen molar-refractivity contribution in [3.05, 3.63) is 54.6 Å². The molecule has 96 valence electrons. The fourth-order valence-electron chi connectivity index (χ4n) is 2.07. The number of nitrogens with one attached hydrogen (secondary N) is 1. The molecule has 3 heteroatoms. The molecule has 19 heavy (non-hydrogen) atoms. The number of anilines is 1. The topological polar surface area (TPSA) is 55.1 Å². The molecular formula is C16H16N2O. The van der Waals surface area contributed by atoms with Crippen LogP contribution in [-0.2, 0) is 4.79 Å². The molecule has 1 aliphatic rings. The van der Waals surface area contributed by atoms with Crippen LogP contribution in [-0.4, -0.2) is 11.4 Å². The molecule has 2 aromatic rings. The van der Waals surface area contributed by atoms with Crippen LogP contribution in [0, 0.1) is 0 Å². The highest BCUT2D eigenvalue weighted by Gasteiger charge is 2.46. The molecule has 3 nitrogen and oxygen atoms in total. The summed E-state index contributed by atoms with van der Waals surface area (Å²) < 4.78 is 0. The van der Waals surface area contributed by atoms with Crippen LogP contribution in [0.5, 0.6) is 0 Å². The van der Waals surface area contributed by atoms with Crippen LogP contribution in [0.25, 0.3) is 11.1 Å². The first-order valence-electron chi connectivity index (χ1n) is 6.44. The van der Waals surface area contributed by atoms with Gasteiger partial charge in [-0.1, -0.05) is 48.5 Å². The van der Waals surface area contributed by atoms with E-state index in [1.54, 1.807) is 0 Å². The Hall–Kier alpha value is -2.13. The highest BCUT2D eigenvalue weighted by molar-refractivity contribution is 6.02. The van der Waals surface area contributed by atoms with Crippen LogP contribution in [0.4, 0.5) is 5.69 Å². The SMILES string of the molecule is NC1(C(=O)Nc2ccccc2-c2ccccc2)CC1. The first kappa shape index (κ1) is 11.9. The number of carbonyl (C=O) groups excluding carboxylic acids is 1. The summed E-state index contributed by atoms with van der Waals surface area (Å²) in [6.07, 6.45) is 1.54. The summed E-state index contributed by atoms with van der Waals surface area (Å²) in [4.78, 5) is 12.0. The van der Waals surface area contributed by atoms with Crippen molar-refractivity contribution in [2.24, 2.45) is 5.73 Å². The smallest absolute Gasteiger partial charge is 0.244 e. The maximum atomic E-state index is 12.0. The Morgan fingerprint density at radius 1 is 1.00 bits per heavy atom. The molecule has 3 rings (SSSR count). The van der Waals surface area contributed by atoms with Crippen molar-refractivity contribution < 1.29 is 4.79 Å². The van der Waals surface area contributed by atoms with E-state index >= 15 is 0 Å². The minimum Gasteiger partial charge on any atom is -0.324 e. The van der Waals surface area contributed by atoms with Crippen molar-refractivity contribution in [2.75, 3.05) is 5.32 Å². The molecule has 0 unspecified atom stereocenters. The van der Waals surface area contributed by atoms with E-state index < -0.39 is 5.54 Å². The van der Waals surface area contributed by atoms with Crippen molar-refractivity contribution in [2.45, 2.75) is 18.4 Å². The molecular weight excluding hydrogens is 236 g/mol. The molecule has 0 spiro atoms. The number of carbonyl (C=O) groups is 1. The van der Waals surface area contributed by atoms with E-state index in [-0.39, 0.29) is 5.91 Å². The summed E-state index contributed by atoms with van der Waals surface area (Å²) in [6.45, 7) is 0. The third-order valence-electron chi connectivity index (χ3n) is 3.50. The lowest BCUT2D eigenvalue weighted by molar-refractivity contribution is -0.118. The maximum Gasteiger partial charge on any atom is 0.244 e. The van der Waals surface area contributed by atoms with E-state index in [4.69, 9.17) is 5.73 Å². The van der Waals surface area contributed by atoms with Gasteiger partial charge in [-0.3, -0.25) is 4.79 Å². The molecule has 1 amide bonds. The lowest BCUT2D eigenvalue weighted by Crippen LogP contribution is -2.37. The standard InChI is InChI=1S/C16H16N2O/c17-16(10-11-16)15(19)18-14-9-5-4-8-13(14)12-6-2-1-3-7-12/h1-9H,10-11,17H2,(H,18,19). The molecule has 0 bridgehead atoms. The van der Waals surface area contributed by atoms with Crippen molar-refractivity contribution in [3.63, 3.8) is 0 Å². The normalized spacial score (nSPS) is 15.8. The molecule has 0 radical (unpaired) electrons. The van der Waals surface area contributed by atoms with Gasteiger partial charge in [0.05, 0.1) is 5.54 Å². The fourth-order valence-corrected chi connectivity index (χ4v) is 2.07. The quantitative estimate of drug-likeness (QED) is 0.882. The second-order valence-electron chi connectivity index (χ2n) is 5.02. The van der Waals surface area contributed by atoms with Crippen LogP contribution in [0.2, 0.25) is 0 Å². The number of para-hydroxylation sites is 1. The fraction of sp³-hybridized carbons (Fsp3) is 0.188. The molecule has 0 atom stereocenters. The Balaban J connectivity index is 1.92. The van der Waals surface area contributed by atoms with Gasteiger partial charge in [-0.05, 0) is 24.5 Å². The molecule has 0 aromatic heterocycles. The summed E-state index contributed by atoms with van der Waals surface area (Å²) in [6, 6.07) is 17.8. The Morgan fingerprint density at radius 3 is 2.32 bits per heavy atom. The Morgan fingerprint density at radius 2 is 1.63 bits per heavy atom. The molecule has 0 heterocycles. The summed E-state index contributed by atoms with van der Waals surface area (Å²) in [5.41, 5.74) is 8.18. The van der Waals surface area contributed by atoms with Crippen molar-refractivity contribution in [1.82, 2.24) is 0 Å². The average molecular weight is 252 g/mol. The van der Waals surface area contributed by atoms with Crippen molar-refractivity contribution >= 4 is 11.6 Å². The number of nitrogens with two attached hydrogens (primary N) is 1. The van der Waals surface area contributed by atoms with Crippen molar-refractivity contribution in [3.8, 4) is 11.1 Å². The Labute approximate surface area is 112 Å². The van der Waals surface area contributed by atoms with Crippen LogP contribution in [0.15, 0.2) is 54.6 Å². The zero-order chi connectivity index (χ0) is 13.3. The largest absolute Gasteiger partial charge is 0.324 e. The molecule has 3 N–H and O–H groups in total. The first-order valence-corrected chi connectivity index (χ1v) is 6.44. The summed E-state index contributed by atoms with van der Waals surface area (Å²) in [5.74, 6) is -0.0871. The van der Waals surface area contributed by atoms with E-state index in [0.29, 0.717) is 0 Å². The highest BCUT2D eigenvalue weighted by Crippen LogP contribution is 2.35. The molecule has 0 saturated heterocycles. The van der Waals surface area contributed by atoms with Gasteiger partial charge in [-0.15, -0.1) is 0 Å². The predicted octanol–water partition coefficient (Wildman–Crippen LogP) is 2.78. The minimum absolute atomic E-state index is 0.0871. The summed E-state index contributed by atoms with van der Waals surface area (Å²) >= 11 is 0. The Kier molecular flexibility index (Phi) is 2.84. The van der Waals surface area contributed by atoms with E-state index in [1.807, 2.05) is 54.6 Å². The van der Waals surface area contributed by atoms with Crippen LogP contribution in [0.1, 0.15) is 12.8 Å². The lowest BCUT2D eigenvalue weighted by Gasteiger charge is -2.14. The van der Waals surface area contributed by atoms with Gasteiger partial charge in [0.1, 0.15) is 0 Å². The second kappa shape index (κ2) is 4.52.